The van der Waals surface area contributed by atoms with E-state index in [9.17, 15) is 9.90 Å². The van der Waals surface area contributed by atoms with Gasteiger partial charge in [-0.2, -0.15) is 0 Å². The summed E-state index contributed by atoms with van der Waals surface area (Å²) in [5.41, 5.74) is 0.838. The van der Waals surface area contributed by atoms with E-state index in [2.05, 4.69) is 18.8 Å². The molecule has 1 heterocycles. The molecular weight excluding hydrogens is 216 g/mol. The zero-order chi connectivity index (χ0) is 12.6. The van der Waals surface area contributed by atoms with Crippen LogP contribution < -0.4 is 5.69 Å². The summed E-state index contributed by atoms with van der Waals surface area (Å²) in [5.74, 6) is 1.01. The molecule has 0 aliphatic heterocycles. The van der Waals surface area contributed by atoms with Gasteiger partial charge in [0.05, 0.1) is 6.10 Å². The molecule has 3 unspecified atom stereocenters. The molecule has 0 aromatic carbocycles. The summed E-state index contributed by atoms with van der Waals surface area (Å²) in [4.78, 5) is 14.6. The number of hydrogen-bond acceptors (Lipinski definition) is 2. The number of hydrogen-bond donors (Lipinski definition) is 2. The van der Waals surface area contributed by atoms with Crippen LogP contribution in [0, 0.1) is 18.8 Å². The summed E-state index contributed by atoms with van der Waals surface area (Å²) in [5, 5.41) is 9.81. The van der Waals surface area contributed by atoms with Gasteiger partial charge in [-0.1, -0.05) is 13.8 Å². The molecule has 1 aliphatic carbocycles. The minimum Gasteiger partial charge on any atom is -0.393 e. The predicted octanol–water partition coefficient (Wildman–Crippen LogP) is 1.84. The van der Waals surface area contributed by atoms with Crippen LogP contribution in [0.3, 0.4) is 0 Å². The molecule has 1 fully saturated rings. The number of imidazole rings is 1. The molecule has 2 N–H and O–H groups in total. The third kappa shape index (κ3) is 2.46. The largest absolute Gasteiger partial charge is 0.393 e. The highest BCUT2D eigenvalue weighted by atomic mass is 16.3. The average Bonchev–Trinajstić information content (AvgIpc) is 2.57. The van der Waals surface area contributed by atoms with Crippen molar-refractivity contribution in [1.82, 2.24) is 9.55 Å². The van der Waals surface area contributed by atoms with Crippen LogP contribution in [0.25, 0.3) is 0 Å². The molecule has 0 spiro atoms. The second kappa shape index (κ2) is 4.69. The first kappa shape index (κ1) is 12.4. The first-order valence-electron chi connectivity index (χ1n) is 6.45. The van der Waals surface area contributed by atoms with Crippen LogP contribution in [-0.4, -0.2) is 20.8 Å². The highest BCUT2D eigenvalue weighted by Crippen LogP contribution is 2.37. The number of aliphatic hydroxyl groups is 1. The van der Waals surface area contributed by atoms with E-state index in [1.54, 1.807) is 4.57 Å². The highest BCUT2D eigenvalue weighted by Gasteiger charge is 2.33. The van der Waals surface area contributed by atoms with Crippen molar-refractivity contribution in [2.75, 3.05) is 0 Å². The fourth-order valence-electron chi connectivity index (χ4n) is 3.03. The highest BCUT2D eigenvalue weighted by molar-refractivity contribution is 4.98. The molecule has 1 saturated carbocycles. The zero-order valence-electron chi connectivity index (χ0n) is 10.8. The van der Waals surface area contributed by atoms with Crippen LogP contribution in [0.1, 0.15) is 44.8 Å². The second-order valence-electron chi connectivity index (χ2n) is 5.59. The molecular formula is C13H22N2O2. The van der Waals surface area contributed by atoms with Crippen molar-refractivity contribution in [3.63, 3.8) is 0 Å². The molecule has 3 atom stereocenters. The number of nitrogens with zero attached hydrogens (tertiary/aromatic N) is 1. The molecule has 1 aromatic heterocycles. The Morgan fingerprint density at radius 1 is 1.47 bits per heavy atom. The lowest BCUT2D eigenvalue weighted by Crippen LogP contribution is -2.36. The van der Waals surface area contributed by atoms with E-state index in [4.69, 9.17) is 0 Å². The van der Waals surface area contributed by atoms with Gasteiger partial charge in [-0.25, -0.2) is 4.79 Å². The van der Waals surface area contributed by atoms with Crippen LogP contribution in [0.5, 0.6) is 0 Å². The summed E-state index contributed by atoms with van der Waals surface area (Å²) in [6.45, 7) is 6.28. The number of aromatic nitrogens is 2. The quantitative estimate of drug-likeness (QED) is 0.826. The molecule has 0 radical (unpaired) electrons. The topological polar surface area (TPSA) is 58.0 Å². The van der Waals surface area contributed by atoms with E-state index in [-0.39, 0.29) is 17.8 Å². The van der Waals surface area contributed by atoms with Crippen molar-refractivity contribution in [2.24, 2.45) is 11.8 Å². The standard InChI is InChI=1S/C13H22N2O2/c1-8(2)11-5-4-10(16)6-12(11)15-7-9(3)14-13(15)17/h7-8,10-12,16H,4-6H2,1-3H3,(H,14,17). The third-order valence-electron chi connectivity index (χ3n) is 3.93. The van der Waals surface area contributed by atoms with Crippen LogP contribution in [-0.2, 0) is 0 Å². The van der Waals surface area contributed by atoms with Gasteiger partial charge in [-0.3, -0.25) is 4.57 Å². The van der Waals surface area contributed by atoms with Gasteiger partial charge < -0.3 is 10.1 Å². The number of aryl methyl sites for hydroxylation is 1. The Morgan fingerprint density at radius 3 is 2.71 bits per heavy atom. The third-order valence-corrected chi connectivity index (χ3v) is 3.93. The second-order valence-corrected chi connectivity index (χ2v) is 5.59. The molecule has 4 heteroatoms. The van der Waals surface area contributed by atoms with Gasteiger partial charge in [0.15, 0.2) is 0 Å². The molecule has 1 aromatic rings. The fraction of sp³-hybridized carbons (Fsp3) is 0.769. The molecule has 0 amide bonds. The van der Waals surface area contributed by atoms with E-state index in [1.807, 2.05) is 13.1 Å². The Hall–Kier alpha value is -1.03. The molecule has 0 bridgehead atoms. The zero-order valence-corrected chi connectivity index (χ0v) is 10.8. The van der Waals surface area contributed by atoms with Crippen molar-refractivity contribution in [3.8, 4) is 0 Å². The van der Waals surface area contributed by atoms with Gasteiger partial charge in [-0.05, 0) is 38.0 Å². The summed E-state index contributed by atoms with van der Waals surface area (Å²) >= 11 is 0. The fourth-order valence-corrected chi connectivity index (χ4v) is 3.03. The Kier molecular flexibility index (Phi) is 3.43. The maximum absolute atomic E-state index is 11.8. The minimum atomic E-state index is -0.267. The molecule has 17 heavy (non-hydrogen) atoms. The summed E-state index contributed by atoms with van der Waals surface area (Å²) in [6.07, 6.45) is 4.16. The Labute approximate surface area is 102 Å². The van der Waals surface area contributed by atoms with Crippen LogP contribution in [0.15, 0.2) is 11.0 Å². The Balaban J connectivity index is 2.32. The van der Waals surface area contributed by atoms with Crippen molar-refractivity contribution in [3.05, 3.63) is 22.4 Å². The van der Waals surface area contributed by atoms with Crippen molar-refractivity contribution < 1.29 is 5.11 Å². The SMILES string of the molecule is Cc1cn(C2CC(O)CCC2C(C)C)c(=O)[nH]1. The van der Waals surface area contributed by atoms with Gasteiger partial charge in [0.25, 0.3) is 0 Å². The predicted molar refractivity (Wildman–Crippen MR) is 67.0 cm³/mol. The monoisotopic (exact) mass is 238 g/mol. The number of nitrogens with one attached hydrogen (secondary N) is 1. The van der Waals surface area contributed by atoms with E-state index in [0.29, 0.717) is 18.3 Å². The lowest BCUT2D eigenvalue weighted by atomic mass is 9.76. The normalized spacial score (nSPS) is 29.8. The van der Waals surface area contributed by atoms with E-state index in [0.717, 1.165) is 18.5 Å². The van der Waals surface area contributed by atoms with E-state index >= 15 is 0 Å². The van der Waals surface area contributed by atoms with E-state index < -0.39 is 0 Å². The van der Waals surface area contributed by atoms with Gasteiger partial charge in [-0.15, -0.1) is 0 Å². The first-order chi connectivity index (χ1) is 7.99. The van der Waals surface area contributed by atoms with Gasteiger partial charge in [0.2, 0.25) is 0 Å². The van der Waals surface area contributed by atoms with Gasteiger partial charge >= 0.3 is 5.69 Å². The Morgan fingerprint density at radius 2 is 2.18 bits per heavy atom. The number of H-pyrrole nitrogens is 1. The maximum Gasteiger partial charge on any atom is 0.325 e. The van der Waals surface area contributed by atoms with Gasteiger partial charge in [0.1, 0.15) is 0 Å². The molecule has 1 aliphatic rings. The number of aliphatic hydroxyl groups excluding tert-OH is 1. The van der Waals surface area contributed by atoms with Crippen molar-refractivity contribution in [1.29, 1.82) is 0 Å². The van der Waals surface area contributed by atoms with Crippen molar-refractivity contribution >= 4 is 0 Å². The molecule has 2 rings (SSSR count). The lowest BCUT2D eigenvalue weighted by molar-refractivity contribution is 0.0557. The van der Waals surface area contributed by atoms with Crippen LogP contribution in [0.4, 0.5) is 0 Å². The minimum absolute atomic E-state index is 0.0488. The van der Waals surface area contributed by atoms with E-state index in [1.165, 1.54) is 0 Å². The first-order valence-corrected chi connectivity index (χ1v) is 6.45. The van der Waals surface area contributed by atoms with Crippen LogP contribution >= 0.6 is 0 Å². The van der Waals surface area contributed by atoms with Crippen LogP contribution in [0.2, 0.25) is 0 Å². The van der Waals surface area contributed by atoms with Gasteiger partial charge in [0, 0.05) is 17.9 Å². The molecule has 0 saturated heterocycles. The lowest BCUT2D eigenvalue weighted by Gasteiger charge is -2.36. The molecule has 96 valence electrons. The summed E-state index contributed by atoms with van der Waals surface area (Å²) in [6, 6.07) is 0.135. The smallest absolute Gasteiger partial charge is 0.325 e. The van der Waals surface area contributed by atoms with Crippen molar-refractivity contribution in [2.45, 2.75) is 52.2 Å². The summed E-state index contributed by atoms with van der Waals surface area (Å²) < 4.78 is 1.78. The summed E-state index contributed by atoms with van der Waals surface area (Å²) in [7, 11) is 0. The molecule has 4 nitrogen and oxygen atoms in total. The number of aromatic amines is 1. The average molecular weight is 238 g/mol. The Bertz CT molecular complexity index is 433. The number of rotatable bonds is 2. The maximum atomic E-state index is 11.8.